The van der Waals surface area contributed by atoms with Crippen molar-refractivity contribution in [2.24, 2.45) is 0 Å². The van der Waals surface area contributed by atoms with Crippen LogP contribution in [0.3, 0.4) is 0 Å². The van der Waals surface area contributed by atoms with Gasteiger partial charge in [0.25, 0.3) is 5.91 Å². The van der Waals surface area contributed by atoms with Gasteiger partial charge in [0.2, 0.25) is 11.8 Å². The van der Waals surface area contributed by atoms with Crippen molar-refractivity contribution in [1.82, 2.24) is 10.2 Å². The van der Waals surface area contributed by atoms with Crippen molar-refractivity contribution in [3.63, 3.8) is 0 Å². The number of morpholine rings is 1. The Kier molecular flexibility index (Phi) is 7.63. The molecule has 0 bridgehead atoms. The van der Waals surface area contributed by atoms with E-state index in [1.54, 1.807) is 24.3 Å². The maximum atomic E-state index is 13.6. The number of nitrogens with zero attached hydrogens (tertiary/aromatic N) is 1. The summed E-state index contributed by atoms with van der Waals surface area (Å²) in [7, 11) is 0. The largest absolute Gasteiger partial charge is 0.379 e. The van der Waals surface area contributed by atoms with Gasteiger partial charge in [0.1, 0.15) is 11.6 Å². The van der Waals surface area contributed by atoms with Gasteiger partial charge in [-0.05, 0) is 36.4 Å². The van der Waals surface area contributed by atoms with Crippen molar-refractivity contribution in [3.05, 3.63) is 59.7 Å². The number of anilines is 2. The minimum absolute atomic E-state index is 0.144. The summed E-state index contributed by atoms with van der Waals surface area (Å²) in [5.41, 5.74) is 0.682. The van der Waals surface area contributed by atoms with Crippen LogP contribution < -0.4 is 16.0 Å². The maximum Gasteiger partial charge on any atom is 0.254 e. The smallest absolute Gasteiger partial charge is 0.254 e. The highest BCUT2D eigenvalue weighted by molar-refractivity contribution is 5.99. The molecular weight excluding hydrogens is 410 g/mol. The monoisotopic (exact) mass is 432 g/mol. The van der Waals surface area contributed by atoms with E-state index in [0.717, 1.165) is 12.1 Å². The first-order valence-electron chi connectivity index (χ1n) is 9.64. The Labute approximate surface area is 177 Å². The van der Waals surface area contributed by atoms with Gasteiger partial charge in [-0.2, -0.15) is 0 Å². The van der Waals surface area contributed by atoms with E-state index in [4.69, 9.17) is 4.74 Å². The summed E-state index contributed by atoms with van der Waals surface area (Å²) in [5, 5.41) is 7.63. The first kappa shape index (κ1) is 22.3. The normalized spacial score (nSPS) is 14.0. The lowest BCUT2D eigenvalue weighted by molar-refractivity contribution is -0.118. The molecule has 31 heavy (non-hydrogen) atoms. The zero-order valence-corrected chi connectivity index (χ0v) is 16.6. The van der Waals surface area contributed by atoms with Crippen LogP contribution in [0.25, 0.3) is 0 Å². The molecule has 2 aromatic rings. The molecule has 164 valence electrons. The van der Waals surface area contributed by atoms with Crippen LogP contribution in [0.15, 0.2) is 42.5 Å². The molecule has 3 rings (SSSR count). The van der Waals surface area contributed by atoms with Gasteiger partial charge in [0.05, 0.1) is 31.9 Å². The summed E-state index contributed by atoms with van der Waals surface area (Å²) in [4.78, 5) is 38.0. The zero-order chi connectivity index (χ0) is 22.2. The fourth-order valence-corrected chi connectivity index (χ4v) is 2.93. The molecular formula is C21H22F2N4O4. The van der Waals surface area contributed by atoms with Crippen LogP contribution in [-0.2, 0) is 14.3 Å². The second-order valence-electron chi connectivity index (χ2n) is 6.87. The highest BCUT2D eigenvalue weighted by Gasteiger charge is 2.15. The van der Waals surface area contributed by atoms with Crippen LogP contribution in [0.1, 0.15) is 10.4 Å². The van der Waals surface area contributed by atoms with Crippen LogP contribution in [0.5, 0.6) is 0 Å². The zero-order valence-electron chi connectivity index (χ0n) is 16.6. The molecule has 1 saturated heterocycles. The van der Waals surface area contributed by atoms with Crippen LogP contribution in [-0.4, -0.2) is 62.0 Å². The van der Waals surface area contributed by atoms with Crippen LogP contribution in [0.2, 0.25) is 0 Å². The minimum atomic E-state index is -1.01. The summed E-state index contributed by atoms with van der Waals surface area (Å²) in [6.07, 6.45) is 0. The Morgan fingerprint density at radius 2 is 1.52 bits per heavy atom. The summed E-state index contributed by atoms with van der Waals surface area (Å²) < 4.78 is 31.7. The highest BCUT2D eigenvalue weighted by atomic mass is 19.1. The third-order valence-corrected chi connectivity index (χ3v) is 4.51. The molecule has 0 spiro atoms. The van der Waals surface area contributed by atoms with E-state index in [2.05, 4.69) is 16.0 Å². The first-order chi connectivity index (χ1) is 14.9. The average Bonchev–Trinajstić information content (AvgIpc) is 2.74. The van der Waals surface area contributed by atoms with E-state index in [0.29, 0.717) is 43.7 Å². The first-order valence-corrected chi connectivity index (χ1v) is 9.64. The number of hydrogen-bond acceptors (Lipinski definition) is 5. The molecule has 3 amide bonds. The van der Waals surface area contributed by atoms with Gasteiger partial charge in [0, 0.05) is 30.5 Å². The third-order valence-electron chi connectivity index (χ3n) is 4.51. The predicted molar refractivity (Wildman–Crippen MR) is 110 cm³/mol. The van der Waals surface area contributed by atoms with Crippen molar-refractivity contribution in [3.8, 4) is 0 Å². The Bertz CT molecular complexity index is 947. The predicted octanol–water partition coefficient (Wildman–Crippen LogP) is 1.60. The van der Waals surface area contributed by atoms with Crippen molar-refractivity contribution in [1.29, 1.82) is 0 Å². The quantitative estimate of drug-likeness (QED) is 0.617. The number of rotatable bonds is 7. The Morgan fingerprint density at radius 3 is 2.13 bits per heavy atom. The van der Waals surface area contributed by atoms with E-state index in [1.807, 2.05) is 4.90 Å². The molecule has 1 fully saturated rings. The lowest BCUT2D eigenvalue weighted by atomic mass is 10.2. The van der Waals surface area contributed by atoms with Crippen LogP contribution >= 0.6 is 0 Å². The van der Waals surface area contributed by atoms with Crippen molar-refractivity contribution in [2.45, 2.75) is 0 Å². The fraction of sp³-hybridized carbons (Fsp3) is 0.286. The molecule has 8 nitrogen and oxygen atoms in total. The van der Waals surface area contributed by atoms with Crippen molar-refractivity contribution < 1.29 is 27.9 Å². The van der Waals surface area contributed by atoms with Crippen LogP contribution in [0.4, 0.5) is 20.2 Å². The number of halogens is 2. The Hall–Kier alpha value is -3.37. The maximum absolute atomic E-state index is 13.6. The fourth-order valence-electron chi connectivity index (χ4n) is 2.93. The van der Waals surface area contributed by atoms with E-state index >= 15 is 0 Å². The molecule has 3 N–H and O–H groups in total. The summed E-state index contributed by atoms with van der Waals surface area (Å²) in [5.74, 6) is -3.31. The lowest BCUT2D eigenvalue weighted by Crippen LogP contribution is -2.41. The van der Waals surface area contributed by atoms with E-state index in [1.165, 1.54) is 0 Å². The molecule has 0 radical (unpaired) electrons. The SMILES string of the molecule is O=C(CNC(=O)c1ccc(F)cc1F)Nc1ccc(NC(=O)CN2CCOCC2)cc1. The van der Waals surface area contributed by atoms with E-state index < -0.39 is 30.0 Å². The van der Waals surface area contributed by atoms with Gasteiger partial charge >= 0.3 is 0 Å². The molecule has 0 aromatic heterocycles. The van der Waals surface area contributed by atoms with Crippen molar-refractivity contribution >= 4 is 29.1 Å². The molecule has 0 aliphatic carbocycles. The van der Waals surface area contributed by atoms with Gasteiger partial charge in [-0.3, -0.25) is 19.3 Å². The topological polar surface area (TPSA) is 99.8 Å². The number of carbonyl (C=O) groups excluding carboxylic acids is 3. The molecule has 0 atom stereocenters. The van der Waals surface area contributed by atoms with Gasteiger partial charge in [-0.25, -0.2) is 8.78 Å². The molecule has 0 unspecified atom stereocenters. The molecule has 10 heteroatoms. The molecule has 1 aliphatic heterocycles. The van der Waals surface area contributed by atoms with Crippen molar-refractivity contribution in [2.75, 3.05) is 50.0 Å². The second kappa shape index (κ2) is 10.6. The average molecular weight is 432 g/mol. The molecule has 2 aromatic carbocycles. The van der Waals surface area contributed by atoms with Gasteiger partial charge < -0.3 is 20.7 Å². The number of hydrogen-bond donors (Lipinski definition) is 3. The summed E-state index contributed by atoms with van der Waals surface area (Å²) in [6, 6.07) is 9.03. The number of carbonyl (C=O) groups is 3. The van der Waals surface area contributed by atoms with E-state index in [-0.39, 0.29) is 18.0 Å². The summed E-state index contributed by atoms with van der Waals surface area (Å²) >= 11 is 0. The van der Waals surface area contributed by atoms with Gasteiger partial charge in [-0.1, -0.05) is 0 Å². The van der Waals surface area contributed by atoms with E-state index in [9.17, 15) is 23.2 Å². The highest BCUT2D eigenvalue weighted by Crippen LogP contribution is 2.14. The minimum Gasteiger partial charge on any atom is -0.379 e. The number of nitrogens with one attached hydrogen (secondary N) is 3. The lowest BCUT2D eigenvalue weighted by Gasteiger charge is -2.25. The number of ether oxygens (including phenoxy) is 1. The molecule has 1 aliphatic rings. The Balaban J connectivity index is 1.44. The summed E-state index contributed by atoms with van der Waals surface area (Å²) in [6.45, 7) is 2.53. The third kappa shape index (κ3) is 6.83. The number of amides is 3. The second-order valence-corrected chi connectivity index (χ2v) is 6.87. The number of benzene rings is 2. The molecule has 1 heterocycles. The Morgan fingerprint density at radius 1 is 0.903 bits per heavy atom. The molecule has 0 saturated carbocycles. The van der Waals surface area contributed by atoms with Gasteiger partial charge in [0.15, 0.2) is 0 Å². The standard InChI is InChI=1S/C21H22F2N4O4/c22-14-1-6-17(18(23)11-14)21(30)24-12-19(28)25-15-2-4-16(5-3-15)26-20(29)13-27-7-9-31-10-8-27/h1-6,11H,7-10,12-13H2,(H,24,30)(H,25,28)(H,26,29). The van der Waals surface area contributed by atoms with Crippen LogP contribution in [0, 0.1) is 11.6 Å². The van der Waals surface area contributed by atoms with Gasteiger partial charge in [-0.15, -0.1) is 0 Å².